The summed E-state index contributed by atoms with van der Waals surface area (Å²) in [5, 5.41) is 0. The summed E-state index contributed by atoms with van der Waals surface area (Å²) in [6.45, 7) is 0.993. The van der Waals surface area contributed by atoms with Crippen molar-refractivity contribution in [1.29, 1.82) is 0 Å². The predicted molar refractivity (Wildman–Crippen MR) is 71.0 cm³/mol. The van der Waals surface area contributed by atoms with E-state index in [9.17, 15) is 0 Å². The molecule has 4 heteroatoms. The van der Waals surface area contributed by atoms with Crippen LogP contribution in [0.1, 0.15) is 5.56 Å². The zero-order valence-corrected chi connectivity index (χ0v) is 10.4. The van der Waals surface area contributed by atoms with E-state index in [1.807, 2.05) is 6.20 Å². The van der Waals surface area contributed by atoms with E-state index in [0.717, 1.165) is 18.8 Å². The second-order valence-corrected chi connectivity index (χ2v) is 4.85. The molecule has 0 aliphatic carbocycles. The van der Waals surface area contributed by atoms with E-state index >= 15 is 0 Å². The molecule has 3 nitrogen and oxygen atoms in total. The third-order valence-electron chi connectivity index (χ3n) is 3.01. The Morgan fingerprint density at radius 1 is 1.24 bits per heavy atom. The fraction of sp³-hybridized carbons (Fsp3) is 0.231. The van der Waals surface area contributed by atoms with Gasteiger partial charge in [-0.25, -0.2) is 9.97 Å². The van der Waals surface area contributed by atoms with Crippen molar-refractivity contribution >= 4 is 23.3 Å². The van der Waals surface area contributed by atoms with Crippen molar-refractivity contribution in [3.8, 4) is 0 Å². The highest BCUT2D eigenvalue weighted by Gasteiger charge is 2.21. The van der Waals surface area contributed by atoms with Gasteiger partial charge in [0.1, 0.15) is 12.1 Å². The zero-order chi connectivity index (χ0) is 11.7. The molecule has 0 saturated heterocycles. The molecule has 1 aliphatic heterocycles. The minimum atomic E-state index is 0.993. The monoisotopic (exact) mass is 243 g/mol. The van der Waals surface area contributed by atoms with Crippen LogP contribution < -0.4 is 4.90 Å². The number of aromatic nitrogens is 2. The normalized spacial score (nSPS) is 13.8. The Balaban J connectivity index is 1.95. The third-order valence-corrected chi connectivity index (χ3v) is 3.75. The van der Waals surface area contributed by atoms with Gasteiger partial charge in [-0.2, -0.15) is 0 Å². The van der Waals surface area contributed by atoms with Gasteiger partial charge in [0.15, 0.2) is 0 Å². The summed E-state index contributed by atoms with van der Waals surface area (Å²) < 4.78 is 0. The van der Waals surface area contributed by atoms with Crippen LogP contribution in [0.2, 0.25) is 0 Å². The number of thioether (sulfide) groups is 1. The molecule has 0 fully saturated rings. The maximum absolute atomic E-state index is 4.37. The first-order chi connectivity index (χ1) is 8.38. The molecule has 17 heavy (non-hydrogen) atoms. The quantitative estimate of drug-likeness (QED) is 0.758. The van der Waals surface area contributed by atoms with Crippen molar-refractivity contribution in [2.24, 2.45) is 0 Å². The first kappa shape index (κ1) is 10.6. The van der Waals surface area contributed by atoms with Gasteiger partial charge in [-0.1, -0.05) is 0 Å². The Labute approximate surface area is 105 Å². The molecule has 0 amide bonds. The fourth-order valence-electron chi connectivity index (χ4n) is 2.12. The Morgan fingerprint density at radius 3 is 2.82 bits per heavy atom. The predicted octanol–water partition coefficient (Wildman–Crippen LogP) is 2.89. The van der Waals surface area contributed by atoms with E-state index in [1.165, 1.54) is 16.1 Å². The average Bonchev–Trinajstić information content (AvgIpc) is 2.83. The van der Waals surface area contributed by atoms with Gasteiger partial charge in [0.25, 0.3) is 0 Å². The largest absolute Gasteiger partial charge is 0.326 e. The summed E-state index contributed by atoms with van der Waals surface area (Å²) in [5.41, 5.74) is 2.45. The SMILES string of the molecule is CSc1ccc(N2CCc3cncnc32)cc1. The van der Waals surface area contributed by atoms with Gasteiger partial charge in [0.2, 0.25) is 0 Å². The van der Waals surface area contributed by atoms with E-state index in [-0.39, 0.29) is 0 Å². The zero-order valence-electron chi connectivity index (χ0n) is 9.63. The maximum atomic E-state index is 4.37. The molecule has 0 bridgehead atoms. The van der Waals surface area contributed by atoms with Crippen molar-refractivity contribution < 1.29 is 0 Å². The minimum absolute atomic E-state index is 0.993. The molecule has 86 valence electrons. The summed E-state index contributed by atoms with van der Waals surface area (Å²) in [4.78, 5) is 12.0. The second kappa shape index (κ2) is 4.37. The molecular weight excluding hydrogens is 230 g/mol. The van der Waals surface area contributed by atoms with Gasteiger partial charge in [-0.3, -0.25) is 0 Å². The van der Waals surface area contributed by atoms with Crippen molar-refractivity contribution in [1.82, 2.24) is 9.97 Å². The highest BCUT2D eigenvalue weighted by Crippen LogP contribution is 2.32. The van der Waals surface area contributed by atoms with Gasteiger partial charge in [0, 0.05) is 28.9 Å². The van der Waals surface area contributed by atoms with Gasteiger partial charge < -0.3 is 4.90 Å². The van der Waals surface area contributed by atoms with Gasteiger partial charge in [-0.05, 0) is 36.9 Å². The molecule has 1 aliphatic rings. The van der Waals surface area contributed by atoms with E-state index in [1.54, 1.807) is 18.1 Å². The lowest BCUT2D eigenvalue weighted by molar-refractivity contribution is 0.989. The van der Waals surface area contributed by atoms with Crippen molar-refractivity contribution in [3.63, 3.8) is 0 Å². The van der Waals surface area contributed by atoms with E-state index < -0.39 is 0 Å². The molecule has 2 heterocycles. The number of fused-ring (bicyclic) bond motifs is 1. The Hall–Kier alpha value is -1.55. The van der Waals surface area contributed by atoms with Gasteiger partial charge in [0.05, 0.1) is 0 Å². The van der Waals surface area contributed by atoms with Crippen LogP contribution in [-0.2, 0) is 6.42 Å². The number of hydrogen-bond donors (Lipinski definition) is 0. The van der Waals surface area contributed by atoms with Crippen molar-refractivity contribution in [3.05, 3.63) is 42.4 Å². The minimum Gasteiger partial charge on any atom is -0.326 e. The summed E-state index contributed by atoms with van der Waals surface area (Å²) in [7, 11) is 0. The van der Waals surface area contributed by atoms with Crippen LogP contribution in [0, 0.1) is 0 Å². The van der Waals surface area contributed by atoms with Gasteiger partial charge >= 0.3 is 0 Å². The molecule has 2 aromatic rings. The standard InChI is InChI=1S/C13H13N3S/c1-17-12-4-2-11(3-5-12)16-7-6-10-8-14-9-15-13(10)16/h2-5,8-9H,6-7H2,1H3. The number of nitrogens with zero attached hydrogens (tertiary/aromatic N) is 3. The van der Waals surface area contributed by atoms with E-state index in [0.29, 0.717) is 0 Å². The third kappa shape index (κ3) is 1.89. The Morgan fingerprint density at radius 2 is 2.06 bits per heavy atom. The number of hydrogen-bond acceptors (Lipinski definition) is 4. The second-order valence-electron chi connectivity index (χ2n) is 3.97. The smallest absolute Gasteiger partial charge is 0.139 e. The van der Waals surface area contributed by atoms with Crippen LogP contribution in [0.3, 0.4) is 0 Å². The van der Waals surface area contributed by atoms with Crippen LogP contribution >= 0.6 is 11.8 Å². The topological polar surface area (TPSA) is 29.0 Å². The molecule has 0 saturated carbocycles. The molecule has 0 unspecified atom stereocenters. The Kier molecular flexibility index (Phi) is 2.73. The highest BCUT2D eigenvalue weighted by molar-refractivity contribution is 7.98. The lowest BCUT2D eigenvalue weighted by atomic mass is 10.3. The molecule has 0 N–H and O–H groups in total. The van der Waals surface area contributed by atoms with Crippen LogP contribution in [0.25, 0.3) is 0 Å². The van der Waals surface area contributed by atoms with Crippen molar-refractivity contribution in [2.75, 3.05) is 17.7 Å². The molecule has 0 atom stereocenters. The van der Waals surface area contributed by atoms with Crippen molar-refractivity contribution in [2.45, 2.75) is 11.3 Å². The van der Waals surface area contributed by atoms with E-state index in [4.69, 9.17) is 0 Å². The van der Waals surface area contributed by atoms with Gasteiger partial charge in [-0.15, -0.1) is 11.8 Å². The Bertz CT molecular complexity index is 524. The van der Waals surface area contributed by atoms with Crippen LogP contribution in [0.5, 0.6) is 0 Å². The maximum Gasteiger partial charge on any atom is 0.139 e. The molecule has 0 radical (unpaired) electrons. The summed E-state index contributed by atoms with van der Waals surface area (Å²) in [6, 6.07) is 8.62. The van der Waals surface area contributed by atoms with Crippen LogP contribution in [-0.4, -0.2) is 22.8 Å². The summed E-state index contributed by atoms with van der Waals surface area (Å²) in [5.74, 6) is 1.05. The van der Waals surface area contributed by atoms with Crippen LogP contribution in [0.15, 0.2) is 41.7 Å². The first-order valence-electron chi connectivity index (χ1n) is 5.59. The molecule has 1 aromatic heterocycles. The average molecular weight is 243 g/mol. The fourth-order valence-corrected chi connectivity index (χ4v) is 2.53. The molecule has 1 aromatic carbocycles. The van der Waals surface area contributed by atoms with Crippen LogP contribution in [0.4, 0.5) is 11.5 Å². The number of benzene rings is 1. The lowest BCUT2D eigenvalue weighted by Crippen LogP contribution is -2.14. The lowest BCUT2D eigenvalue weighted by Gasteiger charge is -2.18. The number of anilines is 2. The summed E-state index contributed by atoms with van der Waals surface area (Å²) >= 11 is 1.76. The molecule has 0 spiro atoms. The molecule has 3 rings (SSSR count). The highest BCUT2D eigenvalue weighted by atomic mass is 32.2. The van der Waals surface area contributed by atoms with E-state index in [2.05, 4.69) is 45.4 Å². The number of rotatable bonds is 2. The molecular formula is C13H13N3S. The summed E-state index contributed by atoms with van der Waals surface area (Å²) in [6.07, 6.45) is 6.65. The first-order valence-corrected chi connectivity index (χ1v) is 6.81.